The number of benzene rings is 3. The Labute approximate surface area is 176 Å². The Morgan fingerprint density at radius 3 is 2.53 bits per heavy atom. The number of likely N-dealkylation sites (tertiary alicyclic amines) is 1. The van der Waals surface area contributed by atoms with E-state index in [1.807, 2.05) is 53.4 Å². The van der Waals surface area contributed by atoms with Crippen molar-refractivity contribution in [3.8, 4) is 0 Å². The van der Waals surface area contributed by atoms with Crippen LogP contribution in [0.1, 0.15) is 36.9 Å². The molecule has 1 aliphatic rings. The van der Waals surface area contributed by atoms with Gasteiger partial charge in [-0.1, -0.05) is 72.8 Å². The van der Waals surface area contributed by atoms with Crippen molar-refractivity contribution in [2.24, 2.45) is 0 Å². The lowest BCUT2D eigenvalue weighted by atomic mass is 9.89. The number of nitrogens with zero attached hydrogens (tertiary/aromatic N) is 1. The third-order valence-corrected chi connectivity index (χ3v) is 5.63. The molecule has 5 heteroatoms. The monoisotopic (exact) mass is 402 g/mol. The largest absolute Gasteiger partial charge is 0.445 e. The third kappa shape index (κ3) is 4.46. The quantitative estimate of drug-likeness (QED) is 0.681. The summed E-state index contributed by atoms with van der Waals surface area (Å²) < 4.78 is 5.65. The number of ether oxygens (including phenoxy) is 1. The highest BCUT2D eigenvalue weighted by Gasteiger charge is 2.34. The highest BCUT2D eigenvalue weighted by molar-refractivity contribution is 5.86. The van der Waals surface area contributed by atoms with Crippen LogP contribution < -0.4 is 5.32 Å². The van der Waals surface area contributed by atoms with Gasteiger partial charge < -0.3 is 15.0 Å². The van der Waals surface area contributed by atoms with E-state index >= 15 is 0 Å². The second-order valence-electron chi connectivity index (χ2n) is 7.74. The van der Waals surface area contributed by atoms with Crippen LogP contribution in [0.25, 0.3) is 10.8 Å². The molecule has 3 aromatic carbocycles. The molecule has 1 aliphatic heterocycles. The van der Waals surface area contributed by atoms with Crippen molar-refractivity contribution in [2.45, 2.75) is 38.5 Å². The average molecular weight is 402 g/mol. The summed E-state index contributed by atoms with van der Waals surface area (Å²) in [6.45, 7) is 2.31. The molecule has 0 aliphatic carbocycles. The predicted molar refractivity (Wildman–Crippen MR) is 117 cm³/mol. The molecule has 0 saturated carbocycles. The van der Waals surface area contributed by atoms with E-state index in [1.54, 1.807) is 0 Å². The molecule has 2 amide bonds. The van der Waals surface area contributed by atoms with Gasteiger partial charge in [0.15, 0.2) is 0 Å². The molecular formula is C25H26N2O3. The van der Waals surface area contributed by atoms with E-state index in [1.165, 1.54) is 6.92 Å². The summed E-state index contributed by atoms with van der Waals surface area (Å²) in [5.74, 6) is -0.0447. The van der Waals surface area contributed by atoms with Crippen LogP contribution in [0.2, 0.25) is 0 Å². The average Bonchev–Trinajstić information content (AvgIpc) is 2.77. The number of piperidine rings is 1. The summed E-state index contributed by atoms with van der Waals surface area (Å²) >= 11 is 0. The highest BCUT2D eigenvalue weighted by atomic mass is 16.6. The lowest BCUT2D eigenvalue weighted by molar-refractivity contribution is -0.120. The van der Waals surface area contributed by atoms with Gasteiger partial charge in [0, 0.05) is 19.5 Å². The van der Waals surface area contributed by atoms with Crippen LogP contribution in [0.15, 0.2) is 72.8 Å². The first-order valence-corrected chi connectivity index (χ1v) is 10.3. The molecule has 1 saturated heterocycles. The van der Waals surface area contributed by atoms with Gasteiger partial charge in [0.05, 0.1) is 6.04 Å². The smallest absolute Gasteiger partial charge is 0.410 e. The lowest BCUT2D eigenvalue weighted by Crippen LogP contribution is -2.48. The number of rotatable bonds is 4. The SMILES string of the molecule is CC(=O)N[C@H]1CCN(C(=O)OCc2ccccc2)[C@@H](c2cccc3ccccc23)C1. The molecule has 5 nitrogen and oxygen atoms in total. The minimum atomic E-state index is -0.321. The maximum absolute atomic E-state index is 13.0. The van der Waals surface area contributed by atoms with Crippen molar-refractivity contribution in [2.75, 3.05) is 6.54 Å². The van der Waals surface area contributed by atoms with Crippen LogP contribution in [-0.2, 0) is 16.1 Å². The maximum Gasteiger partial charge on any atom is 0.410 e. The zero-order chi connectivity index (χ0) is 20.9. The van der Waals surface area contributed by atoms with Gasteiger partial charge in [-0.05, 0) is 34.7 Å². The number of amides is 2. The first kappa shape index (κ1) is 20.0. The normalized spacial score (nSPS) is 18.8. The second-order valence-corrected chi connectivity index (χ2v) is 7.74. The van der Waals surface area contributed by atoms with Crippen LogP contribution >= 0.6 is 0 Å². The number of carbonyl (C=O) groups is 2. The first-order chi connectivity index (χ1) is 14.6. The van der Waals surface area contributed by atoms with Gasteiger partial charge in [0.1, 0.15) is 6.61 Å². The molecule has 30 heavy (non-hydrogen) atoms. The Morgan fingerprint density at radius 1 is 1.00 bits per heavy atom. The van der Waals surface area contributed by atoms with Gasteiger partial charge in [-0.3, -0.25) is 4.79 Å². The van der Waals surface area contributed by atoms with Gasteiger partial charge in [0.2, 0.25) is 5.91 Å². The van der Waals surface area contributed by atoms with E-state index in [2.05, 4.69) is 29.6 Å². The van der Waals surface area contributed by atoms with Crippen molar-refractivity contribution in [1.29, 1.82) is 0 Å². The molecule has 0 spiro atoms. The van der Waals surface area contributed by atoms with E-state index in [0.29, 0.717) is 19.4 Å². The van der Waals surface area contributed by atoms with Crippen molar-refractivity contribution >= 4 is 22.8 Å². The Morgan fingerprint density at radius 2 is 1.73 bits per heavy atom. The number of fused-ring (bicyclic) bond motifs is 1. The van der Waals surface area contributed by atoms with E-state index < -0.39 is 0 Å². The molecular weight excluding hydrogens is 376 g/mol. The molecule has 1 N–H and O–H groups in total. The molecule has 0 aromatic heterocycles. The van der Waals surface area contributed by atoms with Gasteiger partial charge >= 0.3 is 6.09 Å². The van der Waals surface area contributed by atoms with E-state index in [4.69, 9.17) is 4.74 Å². The Hall–Kier alpha value is -3.34. The topological polar surface area (TPSA) is 58.6 Å². The Balaban J connectivity index is 1.60. The maximum atomic E-state index is 13.0. The van der Waals surface area contributed by atoms with Crippen molar-refractivity contribution < 1.29 is 14.3 Å². The number of carbonyl (C=O) groups excluding carboxylic acids is 2. The van der Waals surface area contributed by atoms with Gasteiger partial charge in [-0.15, -0.1) is 0 Å². The summed E-state index contributed by atoms with van der Waals surface area (Å²) in [4.78, 5) is 26.5. The molecule has 0 bridgehead atoms. The van der Waals surface area contributed by atoms with E-state index in [0.717, 1.165) is 21.9 Å². The van der Waals surface area contributed by atoms with Crippen LogP contribution in [0.5, 0.6) is 0 Å². The zero-order valence-electron chi connectivity index (χ0n) is 17.1. The van der Waals surface area contributed by atoms with Gasteiger partial charge in [0.25, 0.3) is 0 Å². The number of hydrogen-bond donors (Lipinski definition) is 1. The fourth-order valence-electron chi connectivity index (χ4n) is 4.24. The molecule has 2 atom stereocenters. The van der Waals surface area contributed by atoms with Crippen LogP contribution in [0.3, 0.4) is 0 Å². The summed E-state index contributed by atoms with van der Waals surface area (Å²) in [5.41, 5.74) is 2.04. The van der Waals surface area contributed by atoms with Crippen LogP contribution in [0.4, 0.5) is 4.79 Å². The molecule has 4 rings (SSSR count). The van der Waals surface area contributed by atoms with Crippen LogP contribution in [-0.4, -0.2) is 29.5 Å². The summed E-state index contributed by atoms with van der Waals surface area (Å²) in [5, 5.41) is 5.28. The van der Waals surface area contributed by atoms with Gasteiger partial charge in [-0.2, -0.15) is 0 Å². The third-order valence-electron chi connectivity index (χ3n) is 5.63. The molecule has 1 heterocycles. The van der Waals surface area contributed by atoms with Crippen molar-refractivity contribution in [1.82, 2.24) is 10.2 Å². The standard InChI is InChI=1S/C25H26N2O3/c1-18(28)26-21-14-15-27(25(29)30-17-19-8-3-2-4-9-19)24(16-21)23-13-7-11-20-10-5-6-12-22(20)23/h2-13,21,24H,14-17H2,1H3,(H,26,28)/t21-,24+/m0/s1. The van der Waals surface area contributed by atoms with Crippen LogP contribution in [0, 0.1) is 0 Å². The second kappa shape index (κ2) is 8.99. The predicted octanol–water partition coefficient (Wildman–Crippen LogP) is 4.82. The molecule has 0 unspecified atom stereocenters. The van der Waals surface area contributed by atoms with Crippen molar-refractivity contribution in [3.63, 3.8) is 0 Å². The molecule has 0 radical (unpaired) electrons. The van der Waals surface area contributed by atoms with Crippen molar-refractivity contribution in [3.05, 3.63) is 83.9 Å². The lowest BCUT2D eigenvalue weighted by Gasteiger charge is -2.39. The molecule has 3 aromatic rings. The fraction of sp³-hybridized carbons (Fsp3) is 0.280. The van der Waals surface area contributed by atoms with Gasteiger partial charge in [-0.25, -0.2) is 4.79 Å². The zero-order valence-corrected chi connectivity index (χ0v) is 17.1. The minimum absolute atomic E-state index is 0.0321. The summed E-state index contributed by atoms with van der Waals surface area (Å²) in [7, 11) is 0. The Bertz CT molecular complexity index is 1030. The summed E-state index contributed by atoms with van der Waals surface area (Å²) in [6.07, 6.45) is 1.05. The Kier molecular flexibility index (Phi) is 5.98. The highest BCUT2D eigenvalue weighted by Crippen LogP contribution is 2.35. The molecule has 1 fully saturated rings. The first-order valence-electron chi connectivity index (χ1n) is 10.3. The number of hydrogen-bond acceptors (Lipinski definition) is 3. The minimum Gasteiger partial charge on any atom is -0.445 e. The number of nitrogens with one attached hydrogen (secondary N) is 1. The van der Waals surface area contributed by atoms with E-state index in [-0.39, 0.29) is 30.7 Å². The fourth-order valence-corrected chi connectivity index (χ4v) is 4.24. The van der Waals surface area contributed by atoms with E-state index in [9.17, 15) is 9.59 Å². The molecule has 154 valence electrons. The summed E-state index contributed by atoms with van der Waals surface area (Å²) in [6, 6.07) is 23.9.